The number of amides is 2. The van der Waals surface area contributed by atoms with Gasteiger partial charge in [-0.2, -0.15) is 0 Å². The quantitative estimate of drug-likeness (QED) is 0.345. The fourth-order valence-corrected chi connectivity index (χ4v) is 6.89. The van der Waals surface area contributed by atoms with Gasteiger partial charge in [-0.15, -0.1) is 11.3 Å². The fourth-order valence-electron chi connectivity index (χ4n) is 5.48. The highest BCUT2D eigenvalue weighted by Crippen LogP contribution is 2.44. The Morgan fingerprint density at radius 2 is 1.75 bits per heavy atom. The first kappa shape index (κ1) is 22.7. The lowest BCUT2D eigenvalue weighted by molar-refractivity contribution is 0.194. The van der Waals surface area contributed by atoms with Crippen LogP contribution in [0.1, 0.15) is 46.1 Å². The third kappa shape index (κ3) is 3.84. The van der Waals surface area contributed by atoms with Gasteiger partial charge in [-0.25, -0.2) is 4.79 Å². The summed E-state index contributed by atoms with van der Waals surface area (Å²) < 4.78 is 13.1. The van der Waals surface area contributed by atoms with Gasteiger partial charge in [-0.3, -0.25) is 0 Å². The van der Waals surface area contributed by atoms with Crippen LogP contribution in [0.4, 0.5) is 10.5 Å². The molecule has 2 aromatic carbocycles. The molecule has 0 fully saturated rings. The third-order valence-electron chi connectivity index (χ3n) is 7.19. The number of nitrogens with zero attached hydrogens (tertiary/aromatic N) is 2. The molecule has 4 aromatic rings. The predicted octanol–water partition coefficient (Wildman–Crippen LogP) is 6.57. The first-order chi connectivity index (χ1) is 17.7. The van der Waals surface area contributed by atoms with E-state index in [0.717, 1.165) is 24.1 Å². The van der Waals surface area contributed by atoms with Crippen LogP contribution in [0.15, 0.2) is 66.9 Å². The number of nitrogens with one attached hydrogen (secondary N) is 1. The molecule has 2 aliphatic rings. The van der Waals surface area contributed by atoms with E-state index >= 15 is 0 Å². The van der Waals surface area contributed by atoms with Gasteiger partial charge >= 0.3 is 6.03 Å². The van der Waals surface area contributed by atoms with Crippen LogP contribution in [0.25, 0.3) is 5.00 Å². The van der Waals surface area contributed by atoms with Crippen molar-refractivity contribution < 1.29 is 14.3 Å². The SMILES string of the molecule is COc1ccc(NC(=O)N2Cc3c(sc4c3CCCC4)-n3cccc3[C@@H]2c2ccccc2)cc1OC. The number of carbonyl (C=O) groups excluding carboxylic acids is 1. The molecule has 0 bridgehead atoms. The molecular formula is C29H29N3O3S. The number of anilines is 1. The number of aromatic nitrogens is 1. The molecule has 0 radical (unpaired) electrons. The second kappa shape index (κ2) is 9.39. The van der Waals surface area contributed by atoms with Crippen LogP contribution in [0.5, 0.6) is 11.5 Å². The Balaban J connectivity index is 1.45. The Kier molecular flexibility index (Phi) is 5.93. The second-order valence-corrected chi connectivity index (χ2v) is 10.3. The van der Waals surface area contributed by atoms with Crippen molar-refractivity contribution in [2.75, 3.05) is 19.5 Å². The van der Waals surface area contributed by atoms with Gasteiger partial charge in [0.15, 0.2) is 11.5 Å². The van der Waals surface area contributed by atoms with E-state index in [2.05, 4.69) is 40.3 Å². The Morgan fingerprint density at radius 1 is 0.944 bits per heavy atom. The molecule has 184 valence electrons. The summed E-state index contributed by atoms with van der Waals surface area (Å²) in [4.78, 5) is 17.5. The van der Waals surface area contributed by atoms with E-state index in [-0.39, 0.29) is 12.1 Å². The summed E-state index contributed by atoms with van der Waals surface area (Å²) in [7, 11) is 3.20. The number of carbonyl (C=O) groups is 1. The van der Waals surface area contributed by atoms with Crippen molar-refractivity contribution in [3.63, 3.8) is 0 Å². The van der Waals surface area contributed by atoms with Crippen molar-refractivity contribution in [2.24, 2.45) is 0 Å². The number of fused-ring (bicyclic) bond motifs is 5. The van der Waals surface area contributed by atoms with Gasteiger partial charge in [0.05, 0.1) is 32.5 Å². The second-order valence-electron chi connectivity index (χ2n) is 9.24. The molecule has 1 N–H and O–H groups in total. The Bertz CT molecular complexity index is 1410. The van der Waals surface area contributed by atoms with E-state index in [4.69, 9.17) is 9.47 Å². The molecule has 6 rings (SSSR count). The molecule has 1 aliphatic heterocycles. The van der Waals surface area contributed by atoms with Gasteiger partial charge in [0.1, 0.15) is 5.00 Å². The number of aryl methyl sites for hydroxylation is 1. The molecular weight excluding hydrogens is 470 g/mol. The molecule has 0 unspecified atom stereocenters. The molecule has 2 aromatic heterocycles. The Morgan fingerprint density at radius 3 is 2.56 bits per heavy atom. The maximum absolute atomic E-state index is 14.0. The van der Waals surface area contributed by atoms with Crippen molar-refractivity contribution in [3.8, 4) is 16.5 Å². The van der Waals surface area contributed by atoms with Gasteiger partial charge < -0.3 is 24.3 Å². The van der Waals surface area contributed by atoms with Gasteiger partial charge in [-0.05, 0) is 61.1 Å². The molecule has 2 amide bonds. The highest BCUT2D eigenvalue weighted by molar-refractivity contribution is 7.15. The maximum atomic E-state index is 14.0. The number of urea groups is 1. The van der Waals surface area contributed by atoms with Gasteiger partial charge in [0.2, 0.25) is 0 Å². The number of thiophene rings is 1. The summed E-state index contributed by atoms with van der Waals surface area (Å²) in [6.45, 7) is 0.557. The van der Waals surface area contributed by atoms with E-state index in [1.807, 2.05) is 46.6 Å². The smallest absolute Gasteiger partial charge is 0.322 e. The standard InChI is InChI=1S/C29H29N3O3S/c1-34-24-15-14-20(17-25(24)35-2)30-29(33)32-18-22-21-11-6-7-13-26(21)36-28(22)31-16-8-12-23(31)27(32)19-9-4-3-5-10-19/h3-5,8-10,12,14-17,27H,6-7,11,13,18H2,1-2H3,(H,30,33)/t27-/m0/s1. The number of hydrogen-bond donors (Lipinski definition) is 1. The number of rotatable bonds is 4. The topological polar surface area (TPSA) is 55.7 Å². The molecule has 0 saturated carbocycles. The van der Waals surface area contributed by atoms with Crippen molar-refractivity contribution >= 4 is 23.1 Å². The van der Waals surface area contributed by atoms with Gasteiger partial charge in [0.25, 0.3) is 0 Å². The molecule has 0 spiro atoms. The largest absolute Gasteiger partial charge is 0.493 e. The normalized spacial score (nSPS) is 16.4. The Labute approximate surface area is 215 Å². The highest BCUT2D eigenvalue weighted by atomic mass is 32.1. The summed E-state index contributed by atoms with van der Waals surface area (Å²) in [5, 5.41) is 4.39. The van der Waals surface area contributed by atoms with Crippen LogP contribution in [-0.2, 0) is 19.4 Å². The first-order valence-corrected chi connectivity index (χ1v) is 13.1. The van der Waals surface area contributed by atoms with Crippen LogP contribution in [0, 0.1) is 0 Å². The van der Waals surface area contributed by atoms with Crippen molar-refractivity contribution in [1.82, 2.24) is 9.47 Å². The Hall–Kier alpha value is -3.71. The minimum absolute atomic E-state index is 0.146. The molecule has 1 atom stereocenters. The monoisotopic (exact) mass is 499 g/mol. The van der Waals surface area contributed by atoms with E-state index in [0.29, 0.717) is 23.7 Å². The van der Waals surface area contributed by atoms with Crippen LogP contribution >= 0.6 is 11.3 Å². The van der Waals surface area contributed by atoms with Crippen LogP contribution < -0.4 is 14.8 Å². The van der Waals surface area contributed by atoms with Crippen molar-refractivity contribution in [2.45, 2.75) is 38.3 Å². The minimum atomic E-state index is -0.222. The summed E-state index contributed by atoms with van der Waals surface area (Å²) in [6.07, 6.45) is 6.79. The van der Waals surface area contributed by atoms with E-state index in [1.165, 1.54) is 33.8 Å². The first-order valence-electron chi connectivity index (χ1n) is 12.3. The molecule has 0 saturated heterocycles. The maximum Gasteiger partial charge on any atom is 0.322 e. The lowest BCUT2D eigenvalue weighted by Crippen LogP contribution is -2.38. The zero-order chi connectivity index (χ0) is 24.6. The summed E-state index contributed by atoms with van der Waals surface area (Å²) in [5.74, 6) is 1.20. The lowest BCUT2D eigenvalue weighted by Gasteiger charge is -2.31. The minimum Gasteiger partial charge on any atom is -0.493 e. The number of methoxy groups -OCH3 is 2. The third-order valence-corrected chi connectivity index (χ3v) is 8.52. The average Bonchev–Trinajstić information content (AvgIpc) is 3.51. The van der Waals surface area contributed by atoms with E-state index in [9.17, 15) is 4.79 Å². The molecule has 6 nitrogen and oxygen atoms in total. The summed E-state index contributed by atoms with van der Waals surface area (Å²) in [5.41, 5.74) is 5.58. The highest BCUT2D eigenvalue weighted by Gasteiger charge is 2.36. The van der Waals surface area contributed by atoms with Crippen molar-refractivity contribution in [1.29, 1.82) is 0 Å². The number of hydrogen-bond acceptors (Lipinski definition) is 4. The van der Waals surface area contributed by atoms with Crippen LogP contribution in [0.2, 0.25) is 0 Å². The van der Waals surface area contributed by atoms with E-state index < -0.39 is 0 Å². The van der Waals surface area contributed by atoms with Gasteiger partial charge in [-0.1, -0.05) is 30.3 Å². The number of ether oxygens (including phenoxy) is 2. The average molecular weight is 500 g/mol. The zero-order valence-electron chi connectivity index (χ0n) is 20.5. The zero-order valence-corrected chi connectivity index (χ0v) is 21.3. The molecule has 3 heterocycles. The molecule has 36 heavy (non-hydrogen) atoms. The van der Waals surface area contributed by atoms with Gasteiger partial charge in [0, 0.05) is 28.4 Å². The fraction of sp³-hybridized carbons (Fsp3) is 0.276. The summed E-state index contributed by atoms with van der Waals surface area (Å²) >= 11 is 1.90. The molecule has 7 heteroatoms. The van der Waals surface area contributed by atoms with E-state index in [1.54, 1.807) is 20.3 Å². The number of benzene rings is 2. The van der Waals surface area contributed by atoms with Crippen LogP contribution in [-0.4, -0.2) is 29.7 Å². The summed E-state index contributed by atoms with van der Waals surface area (Å²) in [6, 6.07) is 19.6. The van der Waals surface area contributed by atoms with Crippen LogP contribution in [0.3, 0.4) is 0 Å². The van der Waals surface area contributed by atoms with Crippen molar-refractivity contribution in [3.05, 3.63) is 94.1 Å². The lowest BCUT2D eigenvalue weighted by atomic mass is 9.95. The predicted molar refractivity (Wildman–Crippen MR) is 143 cm³/mol. The molecule has 1 aliphatic carbocycles.